The molecule has 22 heavy (non-hydrogen) atoms. The van der Waals surface area contributed by atoms with Crippen LogP contribution < -0.4 is 4.74 Å². The van der Waals surface area contributed by atoms with Crippen LogP contribution in [-0.4, -0.2) is 9.91 Å². The molecule has 0 aliphatic carbocycles. The quantitative estimate of drug-likeness (QED) is 0.626. The number of nitriles is 1. The fourth-order valence-electron chi connectivity index (χ4n) is 1.92. The van der Waals surface area contributed by atoms with Crippen molar-refractivity contribution in [2.75, 3.05) is 0 Å². The lowest BCUT2D eigenvalue weighted by Crippen LogP contribution is -1.98. The van der Waals surface area contributed by atoms with E-state index < -0.39 is 4.92 Å². The molecule has 0 saturated carbocycles. The summed E-state index contributed by atoms with van der Waals surface area (Å²) >= 11 is 0. The number of ether oxygens (including phenoxy) is 1. The molecule has 2 aromatic rings. The van der Waals surface area contributed by atoms with Crippen LogP contribution in [0.4, 0.5) is 5.69 Å². The highest BCUT2D eigenvalue weighted by Crippen LogP contribution is 2.29. The first-order valence-electron chi connectivity index (χ1n) is 6.76. The minimum atomic E-state index is -0.639. The lowest BCUT2D eigenvalue weighted by atomic mass is 10.0. The maximum atomic E-state index is 10.8. The van der Waals surface area contributed by atoms with Gasteiger partial charge in [0.25, 0.3) is 0 Å². The monoisotopic (exact) mass is 297 g/mol. The van der Waals surface area contributed by atoms with Gasteiger partial charge in [-0.25, -0.2) is 0 Å². The Morgan fingerprint density at radius 3 is 2.64 bits per heavy atom. The largest absolute Gasteiger partial charge is 0.439 e. The van der Waals surface area contributed by atoms with E-state index >= 15 is 0 Å². The van der Waals surface area contributed by atoms with E-state index in [1.54, 1.807) is 6.07 Å². The van der Waals surface area contributed by atoms with Gasteiger partial charge < -0.3 is 4.74 Å². The molecular formula is C16H15N3O3. The lowest BCUT2D eigenvalue weighted by molar-refractivity contribution is -0.385. The topological polar surface area (TPSA) is 89.0 Å². The van der Waals surface area contributed by atoms with E-state index in [0.29, 0.717) is 11.7 Å². The number of aromatic nitrogens is 1. The molecule has 1 aromatic heterocycles. The molecule has 112 valence electrons. The van der Waals surface area contributed by atoms with Crippen LogP contribution in [-0.2, 0) is 0 Å². The summed E-state index contributed by atoms with van der Waals surface area (Å²) in [4.78, 5) is 14.1. The third-order valence-corrected chi connectivity index (χ3v) is 3.24. The zero-order valence-corrected chi connectivity index (χ0v) is 12.5. The third kappa shape index (κ3) is 3.20. The first kappa shape index (κ1) is 15.4. The fourth-order valence-corrected chi connectivity index (χ4v) is 1.92. The normalized spacial score (nSPS) is 10.3. The number of hydrogen-bond donors (Lipinski definition) is 0. The number of aryl methyl sites for hydroxylation is 1. The second kappa shape index (κ2) is 6.22. The molecule has 0 unspecified atom stereocenters. The van der Waals surface area contributed by atoms with Gasteiger partial charge in [-0.1, -0.05) is 26.0 Å². The molecule has 1 aromatic carbocycles. The van der Waals surface area contributed by atoms with Gasteiger partial charge in [-0.3, -0.25) is 10.1 Å². The van der Waals surface area contributed by atoms with Crippen LogP contribution >= 0.6 is 0 Å². The second-order valence-electron chi connectivity index (χ2n) is 5.17. The molecule has 0 spiro atoms. The Morgan fingerprint density at radius 2 is 2.05 bits per heavy atom. The molecule has 0 N–H and O–H groups in total. The van der Waals surface area contributed by atoms with Gasteiger partial charge in [-0.2, -0.15) is 10.2 Å². The average molecular weight is 297 g/mol. The summed E-state index contributed by atoms with van der Waals surface area (Å²) in [6, 6.07) is 10.2. The van der Waals surface area contributed by atoms with Crippen molar-refractivity contribution in [1.82, 2.24) is 4.98 Å². The molecule has 0 aliphatic heterocycles. The Balaban J connectivity index is 2.37. The van der Waals surface area contributed by atoms with Crippen molar-refractivity contribution in [3.63, 3.8) is 0 Å². The van der Waals surface area contributed by atoms with Crippen LogP contribution in [0, 0.1) is 28.4 Å². The SMILES string of the molecule is Cc1ccc(C(C)C)cc1Oc1ccc([N+](=O)[O-])c(C#N)n1. The second-order valence-corrected chi connectivity index (χ2v) is 5.17. The van der Waals surface area contributed by atoms with Crippen molar-refractivity contribution in [2.24, 2.45) is 0 Å². The Labute approximate surface area is 128 Å². The summed E-state index contributed by atoms with van der Waals surface area (Å²) in [5.74, 6) is 1.13. The molecule has 6 nitrogen and oxygen atoms in total. The van der Waals surface area contributed by atoms with Crippen LogP contribution in [0.25, 0.3) is 0 Å². The van der Waals surface area contributed by atoms with Gasteiger partial charge in [-0.15, -0.1) is 0 Å². The highest BCUT2D eigenvalue weighted by molar-refractivity contribution is 5.46. The van der Waals surface area contributed by atoms with Crippen molar-refractivity contribution >= 4 is 5.69 Å². The minimum absolute atomic E-state index is 0.158. The van der Waals surface area contributed by atoms with Crippen LogP contribution in [0.15, 0.2) is 30.3 Å². The maximum absolute atomic E-state index is 10.8. The van der Waals surface area contributed by atoms with Gasteiger partial charge in [0, 0.05) is 12.1 Å². The lowest BCUT2D eigenvalue weighted by Gasteiger charge is -2.12. The van der Waals surface area contributed by atoms with Crippen molar-refractivity contribution in [2.45, 2.75) is 26.7 Å². The van der Waals surface area contributed by atoms with E-state index in [1.807, 2.05) is 25.1 Å². The summed E-state index contributed by atoms with van der Waals surface area (Å²) in [5.41, 5.74) is 1.44. The Morgan fingerprint density at radius 1 is 1.32 bits per heavy atom. The molecule has 0 amide bonds. The molecule has 6 heteroatoms. The highest BCUT2D eigenvalue weighted by Gasteiger charge is 2.16. The number of pyridine rings is 1. The number of hydrogen-bond acceptors (Lipinski definition) is 5. The molecule has 0 bridgehead atoms. The first-order valence-corrected chi connectivity index (χ1v) is 6.76. The highest BCUT2D eigenvalue weighted by atomic mass is 16.6. The zero-order valence-electron chi connectivity index (χ0n) is 12.5. The number of nitro groups is 1. The first-order chi connectivity index (χ1) is 10.4. The fraction of sp³-hybridized carbons (Fsp3) is 0.250. The van der Waals surface area contributed by atoms with Crippen LogP contribution in [0.5, 0.6) is 11.6 Å². The van der Waals surface area contributed by atoms with E-state index in [1.165, 1.54) is 12.1 Å². The van der Waals surface area contributed by atoms with Gasteiger partial charge in [0.05, 0.1) is 4.92 Å². The number of rotatable bonds is 4. The molecule has 0 atom stereocenters. The zero-order chi connectivity index (χ0) is 16.3. The number of benzene rings is 1. The smallest absolute Gasteiger partial charge is 0.305 e. The molecule has 0 radical (unpaired) electrons. The van der Waals surface area contributed by atoms with Crippen LogP contribution in [0.3, 0.4) is 0 Å². The molecule has 1 heterocycles. The van der Waals surface area contributed by atoms with E-state index in [9.17, 15) is 10.1 Å². The van der Waals surface area contributed by atoms with E-state index in [2.05, 4.69) is 18.8 Å². The van der Waals surface area contributed by atoms with Crippen LogP contribution in [0.1, 0.15) is 36.6 Å². The van der Waals surface area contributed by atoms with E-state index in [4.69, 9.17) is 10.00 Å². The molecule has 0 fully saturated rings. The molecule has 2 rings (SSSR count). The van der Waals surface area contributed by atoms with Crippen molar-refractivity contribution in [3.8, 4) is 17.7 Å². The van der Waals surface area contributed by atoms with Gasteiger partial charge in [-0.05, 0) is 30.0 Å². The van der Waals surface area contributed by atoms with Gasteiger partial charge in [0.2, 0.25) is 11.6 Å². The summed E-state index contributed by atoms with van der Waals surface area (Å²) in [6.07, 6.45) is 0. The van der Waals surface area contributed by atoms with Crippen molar-refractivity contribution < 1.29 is 9.66 Å². The summed E-state index contributed by atoms with van der Waals surface area (Å²) in [5, 5.41) is 19.8. The van der Waals surface area contributed by atoms with Crippen LogP contribution in [0.2, 0.25) is 0 Å². The molecular weight excluding hydrogens is 282 g/mol. The molecule has 0 saturated heterocycles. The van der Waals surface area contributed by atoms with Crippen molar-refractivity contribution in [3.05, 3.63) is 57.3 Å². The average Bonchev–Trinajstić information content (AvgIpc) is 2.48. The maximum Gasteiger partial charge on any atom is 0.305 e. The van der Waals surface area contributed by atoms with Gasteiger partial charge >= 0.3 is 5.69 Å². The predicted octanol–water partition coefficient (Wildman–Crippen LogP) is 4.09. The Hall–Kier alpha value is -2.94. The van der Waals surface area contributed by atoms with E-state index in [0.717, 1.165) is 11.1 Å². The summed E-state index contributed by atoms with van der Waals surface area (Å²) in [6.45, 7) is 6.05. The van der Waals surface area contributed by atoms with Crippen molar-refractivity contribution in [1.29, 1.82) is 5.26 Å². The summed E-state index contributed by atoms with van der Waals surface area (Å²) < 4.78 is 5.69. The summed E-state index contributed by atoms with van der Waals surface area (Å²) in [7, 11) is 0. The third-order valence-electron chi connectivity index (χ3n) is 3.24. The standard InChI is InChI=1S/C16H15N3O3/c1-10(2)12-5-4-11(3)15(8-12)22-16-7-6-14(19(20)21)13(9-17)18-16/h4-8,10H,1-3H3. The van der Waals surface area contributed by atoms with E-state index in [-0.39, 0.29) is 17.3 Å². The van der Waals surface area contributed by atoms with Gasteiger partial charge in [0.1, 0.15) is 11.8 Å². The predicted molar refractivity (Wildman–Crippen MR) is 80.9 cm³/mol. The van der Waals surface area contributed by atoms with Gasteiger partial charge in [0.15, 0.2) is 0 Å². The Kier molecular flexibility index (Phi) is 4.37. The Bertz CT molecular complexity index is 764. The minimum Gasteiger partial charge on any atom is -0.439 e. The molecule has 0 aliphatic rings. The number of nitrogens with zero attached hydrogens (tertiary/aromatic N) is 3.